The molecule has 0 aliphatic carbocycles. The fraction of sp³-hybridized carbons (Fsp3) is 0.148. The second-order valence-electron chi connectivity index (χ2n) is 7.87. The van der Waals surface area contributed by atoms with Gasteiger partial charge in [0.05, 0.1) is 25.8 Å². The maximum Gasteiger partial charge on any atom is 0.300 e. The van der Waals surface area contributed by atoms with Crippen LogP contribution in [0.1, 0.15) is 24.1 Å². The number of aliphatic hydroxyl groups is 1. The Balaban J connectivity index is 1.93. The predicted molar refractivity (Wildman–Crippen MR) is 132 cm³/mol. The lowest BCUT2D eigenvalue weighted by atomic mass is 9.94. The zero-order valence-electron chi connectivity index (χ0n) is 19.4. The van der Waals surface area contributed by atoms with Gasteiger partial charge in [0.25, 0.3) is 11.7 Å². The maximum absolute atomic E-state index is 13.3. The van der Waals surface area contributed by atoms with Crippen LogP contribution in [-0.4, -0.2) is 36.9 Å². The number of Topliss-reactive ketones (excluding diaryl/α,β-unsaturated/α-hetero) is 1. The van der Waals surface area contributed by atoms with E-state index in [0.717, 1.165) is 0 Å². The molecule has 1 aliphatic heterocycles. The molecule has 3 aromatic rings. The maximum atomic E-state index is 13.3. The fourth-order valence-electron chi connectivity index (χ4n) is 4.10. The van der Waals surface area contributed by atoms with E-state index in [4.69, 9.17) is 9.47 Å². The highest BCUT2D eigenvalue weighted by atomic mass is 16.5. The molecule has 0 saturated carbocycles. The van der Waals surface area contributed by atoms with Crippen molar-refractivity contribution in [1.82, 2.24) is 0 Å². The van der Waals surface area contributed by atoms with Gasteiger partial charge in [0.15, 0.2) is 0 Å². The number of methoxy groups -OCH3 is 2. The first-order valence-electron chi connectivity index (χ1n) is 10.8. The van der Waals surface area contributed by atoms with Crippen LogP contribution in [0, 0.1) is 0 Å². The number of anilines is 2. The first-order valence-corrected chi connectivity index (χ1v) is 10.8. The molecule has 178 valence electrons. The predicted octanol–water partition coefficient (Wildman–Crippen LogP) is 4.29. The van der Waals surface area contributed by atoms with Crippen LogP contribution in [0.25, 0.3) is 5.76 Å². The Hall–Kier alpha value is -4.59. The molecular formula is C27H24N2O6. The molecule has 2 N–H and O–H groups in total. The van der Waals surface area contributed by atoms with Crippen LogP contribution in [0.4, 0.5) is 11.4 Å². The highest BCUT2D eigenvalue weighted by Crippen LogP contribution is 2.45. The number of nitrogens with one attached hydrogen (secondary N) is 1. The van der Waals surface area contributed by atoms with Crippen LogP contribution in [0.5, 0.6) is 11.5 Å². The van der Waals surface area contributed by atoms with Crippen molar-refractivity contribution < 1.29 is 29.0 Å². The quantitative estimate of drug-likeness (QED) is 0.315. The molecule has 0 aromatic heterocycles. The number of hydrogen-bond donors (Lipinski definition) is 2. The summed E-state index contributed by atoms with van der Waals surface area (Å²) in [6.45, 7) is 1.39. The van der Waals surface area contributed by atoms with Gasteiger partial charge < -0.3 is 19.9 Å². The van der Waals surface area contributed by atoms with Crippen molar-refractivity contribution in [3.63, 3.8) is 0 Å². The lowest BCUT2D eigenvalue weighted by Gasteiger charge is -2.27. The smallest absolute Gasteiger partial charge is 0.300 e. The van der Waals surface area contributed by atoms with E-state index in [1.807, 2.05) is 0 Å². The van der Waals surface area contributed by atoms with Gasteiger partial charge in [0.2, 0.25) is 5.91 Å². The van der Waals surface area contributed by atoms with Gasteiger partial charge >= 0.3 is 0 Å². The number of benzene rings is 3. The Morgan fingerprint density at radius 3 is 2.23 bits per heavy atom. The van der Waals surface area contributed by atoms with Crippen molar-refractivity contribution in [1.29, 1.82) is 0 Å². The number of ether oxygens (including phenoxy) is 2. The van der Waals surface area contributed by atoms with E-state index in [0.29, 0.717) is 34.0 Å². The summed E-state index contributed by atoms with van der Waals surface area (Å²) in [6, 6.07) is 19.2. The number of aliphatic hydroxyl groups excluding tert-OH is 1. The van der Waals surface area contributed by atoms with E-state index >= 15 is 0 Å². The van der Waals surface area contributed by atoms with Crippen molar-refractivity contribution >= 4 is 34.7 Å². The number of carbonyl (C=O) groups is 3. The van der Waals surface area contributed by atoms with E-state index < -0.39 is 17.7 Å². The van der Waals surface area contributed by atoms with Crippen LogP contribution in [-0.2, 0) is 14.4 Å². The molecule has 0 bridgehead atoms. The van der Waals surface area contributed by atoms with Crippen LogP contribution >= 0.6 is 0 Å². The van der Waals surface area contributed by atoms with Crippen molar-refractivity contribution in [2.24, 2.45) is 0 Å². The van der Waals surface area contributed by atoms with Gasteiger partial charge in [0.1, 0.15) is 17.3 Å². The number of rotatable bonds is 6. The number of hydrogen-bond acceptors (Lipinski definition) is 6. The molecule has 1 fully saturated rings. The number of amides is 2. The van der Waals surface area contributed by atoms with E-state index in [-0.39, 0.29) is 17.2 Å². The monoisotopic (exact) mass is 472 g/mol. The molecule has 35 heavy (non-hydrogen) atoms. The lowest BCUT2D eigenvalue weighted by Crippen LogP contribution is -2.29. The summed E-state index contributed by atoms with van der Waals surface area (Å²) in [4.78, 5) is 39.3. The molecule has 2 amide bonds. The lowest BCUT2D eigenvalue weighted by molar-refractivity contribution is -0.132. The Morgan fingerprint density at radius 1 is 0.943 bits per heavy atom. The van der Waals surface area contributed by atoms with E-state index in [9.17, 15) is 19.5 Å². The molecular weight excluding hydrogens is 448 g/mol. The summed E-state index contributed by atoms with van der Waals surface area (Å²) in [6.07, 6.45) is 0. The third-order valence-corrected chi connectivity index (χ3v) is 5.69. The Kier molecular flexibility index (Phi) is 6.55. The number of carbonyl (C=O) groups excluding carboxylic acids is 3. The Labute approximate surface area is 202 Å². The molecule has 8 nitrogen and oxygen atoms in total. The zero-order valence-corrected chi connectivity index (χ0v) is 19.4. The Bertz CT molecular complexity index is 1320. The molecule has 1 aliphatic rings. The topological polar surface area (TPSA) is 105 Å². The van der Waals surface area contributed by atoms with Gasteiger partial charge in [-0.1, -0.05) is 30.3 Å². The molecule has 1 heterocycles. The summed E-state index contributed by atoms with van der Waals surface area (Å²) in [5.74, 6) is -1.22. The van der Waals surface area contributed by atoms with E-state index in [2.05, 4.69) is 5.32 Å². The Morgan fingerprint density at radius 2 is 1.63 bits per heavy atom. The van der Waals surface area contributed by atoms with Crippen LogP contribution in [0.3, 0.4) is 0 Å². The van der Waals surface area contributed by atoms with Crippen LogP contribution in [0.2, 0.25) is 0 Å². The molecule has 8 heteroatoms. The fourth-order valence-corrected chi connectivity index (χ4v) is 4.10. The second-order valence-corrected chi connectivity index (χ2v) is 7.87. The molecule has 0 spiro atoms. The van der Waals surface area contributed by atoms with Crippen molar-refractivity contribution in [2.75, 3.05) is 24.4 Å². The van der Waals surface area contributed by atoms with Crippen molar-refractivity contribution in [3.05, 3.63) is 89.5 Å². The second kappa shape index (κ2) is 9.72. The van der Waals surface area contributed by atoms with Gasteiger partial charge in [0, 0.05) is 35.5 Å². The van der Waals surface area contributed by atoms with Gasteiger partial charge in [-0.2, -0.15) is 0 Å². The first-order chi connectivity index (χ1) is 16.8. The van der Waals surface area contributed by atoms with Crippen LogP contribution < -0.4 is 19.7 Å². The summed E-state index contributed by atoms with van der Waals surface area (Å²) in [5, 5.41) is 13.9. The molecule has 0 radical (unpaired) electrons. The molecule has 1 atom stereocenters. The summed E-state index contributed by atoms with van der Waals surface area (Å²) < 4.78 is 10.9. The summed E-state index contributed by atoms with van der Waals surface area (Å²) in [7, 11) is 3.00. The van der Waals surface area contributed by atoms with Crippen molar-refractivity contribution in [3.8, 4) is 11.5 Å². The van der Waals surface area contributed by atoms with Gasteiger partial charge in [-0.25, -0.2) is 0 Å². The number of nitrogens with zero attached hydrogens (tertiary/aromatic N) is 1. The minimum absolute atomic E-state index is 0.0596. The third-order valence-electron chi connectivity index (χ3n) is 5.69. The zero-order chi connectivity index (χ0) is 25.1. The third kappa shape index (κ3) is 4.46. The summed E-state index contributed by atoms with van der Waals surface area (Å²) in [5.41, 5.74) is 1.80. The van der Waals surface area contributed by atoms with Gasteiger partial charge in [-0.05, 0) is 36.4 Å². The summed E-state index contributed by atoms with van der Waals surface area (Å²) >= 11 is 0. The van der Waals surface area contributed by atoms with E-state index in [1.165, 1.54) is 26.0 Å². The average molecular weight is 472 g/mol. The normalized spacial score (nSPS) is 16.8. The minimum Gasteiger partial charge on any atom is -0.507 e. The van der Waals surface area contributed by atoms with Gasteiger partial charge in [-0.3, -0.25) is 19.3 Å². The van der Waals surface area contributed by atoms with E-state index in [1.54, 1.807) is 72.8 Å². The average Bonchev–Trinajstić information content (AvgIpc) is 3.13. The molecule has 0 unspecified atom stereocenters. The van der Waals surface area contributed by atoms with Crippen molar-refractivity contribution in [2.45, 2.75) is 13.0 Å². The highest BCUT2D eigenvalue weighted by molar-refractivity contribution is 6.51. The molecule has 4 rings (SSSR count). The highest BCUT2D eigenvalue weighted by Gasteiger charge is 2.48. The van der Waals surface area contributed by atoms with Gasteiger partial charge in [-0.15, -0.1) is 0 Å². The molecule has 3 aromatic carbocycles. The van der Waals surface area contributed by atoms with Crippen LogP contribution in [0.15, 0.2) is 78.4 Å². The molecule has 1 saturated heterocycles. The SMILES string of the molecule is COc1ccc([C@@H]2/C(=C(\O)c3ccccc3)C(=O)C(=O)N2c2ccc(NC(C)=O)cc2)c(OC)c1. The minimum atomic E-state index is -0.970. The first kappa shape index (κ1) is 23.6. The number of ketones is 1. The largest absolute Gasteiger partial charge is 0.507 e. The standard InChI is InChI=1S/C27H24N2O6/c1-16(30)28-18-9-11-19(12-10-18)29-24(21-14-13-20(34-2)15-22(21)35-3)23(26(32)27(29)33)25(31)17-7-5-4-6-8-17/h4-15,24,31H,1-3H3,(H,28,30)/b25-23+/t24-/m1/s1.